The van der Waals surface area contributed by atoms with E-state index in [1.807, 2.05) is 54.1 Å². The third-order valence-corrected chi connectivity index (χ3v) is 10.3. The Balaban J connectivity index is 0.927. The number of ether oxygens (including phenoxy) is 1. The zero-order chi connectivity index (χ0) is 31.7. The van der Waals surface area contributed by atoms with Crippen LogP contribution in [-0.2, 0) is 0 Å². The van der Waals surface area contributed by atoms with Crippen LogP contribution in [0.15, 0.2) is 54.9 Å². The Hall–Kier alpha value is -4.45. The summed E-state index contributed by atoms with van der Waals surface area (Å²) in [6.07, 6.45) is 11.3. The highest BCUT2D eigenvalue weighted by atomic mass is 16.5. The minimum Gasteiger partial charge on any atom is -0.494 e. The van der Waals surface area contributed by atoms with Crippen molar-refractivity contribution in [3.05, 3.63) is 77.2 Å². The van der Waals surface area contributed by atoms with Gasteiger partial charge in [0.05, 0.1) is 12.2 Å². The van der Waals surface area contributed by atoms with Crippen molar-refractivity contribution in [3.63, 3.8) is 0 Å². The summed E-state index contributed by atoms with van der Waals surface area (Å²) in [5.74, 6) is 10.2. The average Bonchev–Trinajstić information content (AvgIpc) is 3.06. The van der Waals surface area contributed by atoms with E-state index >= 15 is 0 Å². The van der Waals surface area contributed by atoms with Gasteiger partial charge in [0.1, 0.15) is 5.75 Å². The molecule has 1 aromatic carbocycles. The van der Waals surface area contributed by atoms with Gasteiger partial charge in [-0.25, -0.2) is 0 Å². The van der Waals surface area contributed by atoms with Crippen molar-refractivity contribution >= 4 is 17.6 Å². The molecule has 9 nitrogen and oxygen atoms in total. The number of rotatable bonds is 7. The van der Waals surface area contributed by atoms with Gasteiger partial charge in [0.15, 0.2) is 11.5 Å². The number of benzene rings is 1. The van der Waals surface area contributed by atoms with Gasteiger partial charge in [-0.2, -0.15) is 0 Å². The number of piperazine rings is 1. The number of pyridine rings is 1. The molecule has 4 saturated carbocycles. The normalized spacial score (nSPS) is 24.7. The highest BCUT2D eigenvalue weighted by molar-refractivity contribution is 5.94. The van der Waals surface area contributed by atoms with Crippen molar-refractivity contribution in [1.29, 1.82) is 0 Å². The van der Waals surface area contributed by atoms with E-state index in [2.05, 4.69) is 31.9 Å². The Labute approximate surface area is 271 Å². The Morgan fingerprint density at radius 1 is 0.913 bits per heavy atom. The molecule has 0 spiro atoms. The van der Waals surface area contributed by atoms with E-state index in [-0.39, 0.29) is 11.8 Å². The van der Waals surface area contributed by atoms with Crippen LogP contribution in [0.5, 0.6) is 5.75 Å². The summed E-state index contributed by atoms with van der Waals surface area (Å²) in [7, 11) is 1.92. The molecule has 9 heteroatoms. The molecular formula is C37H42N6O3. The quantitative estimate of drug-likeness (QED) is 0.347. The van der Waals surface area contributed by atoms with Crippen LogP contribution in [-0.4, -0.2) is 83.2 Å². The standard InChI is InChI=1S/C37H42N6O3/c1-3-46-32-6-4-5-26(19-32)7-8-27-18-31(24-38-23-27)35(44)43-13-11-42(12-14-43)34-10-9-33(39-40-34)36(45)41(2)25-37-20-28-15-29(21-37)17-30(16-28)22-37/h4-6,9-10,18-19,23-24,28-30H,3,11-17,20-22,25H2,1-2H3. The molecule has 1 saturated heterocycles. The lowest BCUT2D eigenvalue weighted by atomic mass is 9.49. The fourth-order valence-corrected chi connectivity index (χ4v) is 8.78. The molecule has 238 valence electrons. The van der Waals surface area contributed by atoms with E-state index in [1.54, 1.807) is 24.5 Å². The van der Waals surface area contributed by atoms with Gasteiger partial charge in [-0.1, -0.05) is 17.9 Å². The van der Waals surface area contributed by atoms with Gasteiger partial charge < -0.3 is 19.4 Å². The largest absolute Gasteiger partial charge is 0.494 e. The molecule has 8 rings (SSSR count). The van der Waals surface area contributed by atoms with Gasteiger partial charge in [-0.15, -0.1) is 10.2 Å². The molecule has 0 radical (unpaired) electrons. The van der Waals surface area contributed by atoms with Gasteiger partial charge in [0, 0.05) is 63.3 Å². The summed E-state index contributed by atoms with van der Waals surface area (Å²) in [5, 5.41) is 8.77. The molecule has 2 amide bonds. The number of aromatic nitrogens is 3. The number of hydrogen-bond acceptors (Lipinski definition) is 7. The van der Waals surface area contributed by atoms with Crippen molar-refractivity contribution < 1.29 is 14.3 Å². The van der Waals surface area contributed by atoms with E-state index < -0.39 is 0 Å². The highest BCUT2D eigenvalue weighted by Gasteiger charge is 2.51. The van der Waals surface area contributed by atoms with Gasteiger partial charge in [0.2, 0.25) is 0 Å². The first-order valence-electron chi connectivity index (χ1n) is 16.7. The first-order chi connectivity index (χ1) is 22.4. The van der Waals surface area contributed by atoms with Crippen LogP contribution in [0.3, 0.4) is 0 Å². The van der Waals surface area contributed by atoms with Crippen LogP contribution < -0.4 is 9.64 Å². The minimum absolute atomic E-state index is 0.0511. The highest BCUT2D eigenvalue weighted by Crippen LogP contribution is 2.60. The van der Waals surface area contributed by atoms with Crippen LogP contribution in [0.25, 0.3) is 0 Å². The molecule has 4 aliphatic carbocycles. The molecule has 0 atom stereocenters. The summed E-state index contributed by atoms with van der Waals surface area (Å²) in [4.78, 5) is 36.8. The van der Waals surface area contributed by atoms with Gasteiger partial charge in [0.25, 0.3) is 11.8 Å². The third-order valence-electron chi connectivity index (χ3n) is 10.3. The second-order valence-electron chi connectivity index (χ2n) is 13.8. The fourth-order valence-electron chi connectivity index (χ4n) is 8.78. The van der Waals surface area contributed by atoms with E-state index in [4.69, 9.17) is 4.74 Å². The van der Waals surface area contributed by atoms with Crippen molar-refractivity contribution in [1.82, 2.24) is 25.0 Å². The molecule has 5 aliphatic rings. The van der Waals surface area contributed by atoms with Crippen LogP contribution in [0.4, 0.5) is 5.82 Å². The molecule has 1 aliphatic heterocycles. The average molecular weight is 619 g/mol. The Kier molecular flexibility index (Phi) is 8.37. The van der Waals surface area contributed by atoms with Crippen molar-refractivity contribution in [2.24, 2.45) is 23.2 Å². The summed E-state index contributed by atoms with van der Waals surface area (Å²) in [6.45, 7) is 5.72. The third kappa shape index (κ3) is 6.44. The lowest BCUT2D eigenvalue weighted by Gasteiger charge is -2.57. The summed E-state index contributed by atoms with van der Waals surface area (Å²) >= 11 is 0. The van der Waals surface area contributed by atoms with E-state index in [1.165, 1.54) is 38.5 Å². The van der Waals surface area contributed by atoms with Crippen molar-refractivity contribution in [2.45, 2.75) is 45.4 Å². The lowest BCUT2D eigenvalue weighted by molar-refractivity contribution is -0.0629. The minimum atomic E-state index is -0.0665. The monoisotopic (exact) mass is 618 g/mol. The molecule has 0 N–H and O–H groups in total. The van der Waals surface area contributed by atoms with Crippen LogP contribution >= 0.6 is 0 Å². The van der Waals surface area contributed by atoms with Crippen molar-refractivity contribution in [3.8, 4) is 17.6 Å². The predicted octanol–water partition coefficient (Wildman–Crippen LogP) is 4.92. The van der Waals surface area contributed by atoms with Gasteiger partial charge in [-0.3, -0.25) is 14.6 Å². The topological polar surface area (TPSA) is 91.8 Å². The number of carbonyl (C=O) groups is 2. The van der Waals surface area contributed by atoms with Crippen LogP contribution in [0, 0.1) is 35.0 Å². The van der Waals surface area contributed by atoms with Crippen LogP contribution in [0.1, 0.15) is 77.4 Å². The summed E-state index contributed by atoms with van der Waals surface area (Å²) in [6, 6.07) is 13.1. The summed E-state index contributed by atoms with van der Waals surface area (Å²) < 4.78 is 5.56. The SMILES string of the molecule is CCOc1cccc(C#Cc2cncc(C(=O)N3CCN(c4ccc(C(=O)N(C)CC56CC7CC(CC(C7)C5)C6)nn4)CC3)c2)c1. The second-order valence-corrected chi connectivity index (χ2v) is 13.8. The molecule has 4 bridgehead atoms. The Morgan fingerprint density at radius 3 is 2.30 bits per heavy atom. The predicted molar refractivity (Wildman–Crippen MR) is 176 cm³/mol. The van der Waals surface area contributed by atoms with Gasteiger partial charge in [-0.05, 0) is 105 Å². The molecular weight excluding hydrogens is 576 g/mol. The fraction of sp³-hybridized carbons (Fsp3) is 0.486. The molecule has 46 heavy (non-hydrogen) atoms. The van der Waals surface area contributed by atoms with E-state index in [9.17, 15) is 9.59 Å². The smallest absolute Gasteiger partial charge is 0.274 e. The van der Waals surface area contributed by atoms with E-state index in [0.29, 0.717) is 55.0 Å². The first-order valence-corrected chi connectivity index (χ1v) is 16.7. The number of amides is 2. The first kappa shape index (κ1) is 30.2. The molecule has 2 aromatic heterocycles. The van der Waals surface area contributed by atoms with E-state index in [0.717, 1.165) is 41.4 Å². The maximum Gasteiger partial charge on any atom is 0.274 e. The van der Waals surface area contributed by atoms with Crippen LogP contribution in [0.2, 0.25) is 0 Å². The zero-order valence-electron chi connectivity index (χ0n) is 26.8. The maximum atomic E-state index is 13.3. The number of anilines is 1. The number of nitrogens with zero attached hydrogens (tertiary/aromatic N) is 6. The Bertz CT molecular complexity index is 1620. The Morgan fingerprint density at radius 2 is 1.63 bits per heavy atom. The molecule has 5 fully saturated rings. The van der Waals surface area contributed by atoms with Crippen molar-refractivity contribution in [2.75, 3.05) is 51.3 Å². The summed E-state index contributed by atoms with van der Waals surface area (Å²) in [5.41, 5.74) is 2.72. The zero-order valence-corrected chi connectivity index (χ0v) is 26.8. The maximum absolute atomic E-state index is 13.3. The number of hydrogen-bond donors (Lipinski definition) is 0. The molecule has 3 aromatic rings. The lowest BCUT2D eigenvalue weighted by Crippen LogP contribution is -2.51. The second kappa shape index (κ2) is 12.7. The number of carbonyl (C=O) groups excluding carboxylic acids is 2. The molecule has 3 heterocycles. The van der Waals surface area contributed by atoms with Gasteiger partial charge >= 0.3 is 0 Å². The molecule has 0 unspecified atom stereocenters.